The fraction of sp³-hybridized carbons (Fsp3) is 0.406. The van der Waals surface area contributed by atoms with Crippen LogP contribution in [-0.4, -0.2) is 4.57 Å². The molecule has 0 aliphatic carbocycles. The van der Waals surface area contributed by atoms with Gasteiger partial charge in [-0.2, -0.15) is 4.57 Å². The molecular formula is C32H41N2+. The minimum absolute atomic E-state index is 0.0907. The van der Waals surface area contributed by atoms with Crippen LogP contribution in [0.25, 0.3) is 28.1 Å². The number of hydrogen-bond acceptors (Lipinski definition) is 0. The normalized spacial score (nSPS) is 12.4. The van der Waals surface area contributed by atoms with Crippen LogP contribution in [0.5, 0.6) is 0 Å². The molecule has 1 heterocycles. The first-order valence-corrected chi connectivity index (χ1v) is 12.7. The zero-order valence-corrected chi connectivity index (χ0v) is 22.7. The van der Waals surface area contributed by atoms with Gasteiger partial charge < -0.3 is 0 Å². The van der Waals surface area contributed by atoms with E-state index in [9.17, 15) is 0 Å². The highest BCUT2D eigenvalue weighted by atomic mass is 15.2. The molecule has 0 radical (unpaired) electrons. The van der Waals surface area contributed by atoms with Crippen molar-refractivity contribution in [1.82, 2.24) is 4.57 Å². The molecule has 2 nitrogen and oxygen atoms in total. The molecule has 0 aliphatic rings. The van der Waals surface area contributed by atoms with Gasteiger partial charge in [0.1, 0.15) is 5.69 Å². The summed E-state index contributed by atoms with van der Waals surface area (Å²) >= 11 is 0. The Bertz CT molecular complexity index is 1330. The van der Waals surface area contributed by atoms with Gasteiger partial charge in [0.15, 0.2) is 11.0 Å². The Labute approximate surface area is 206 Å². The summed E-state index contributed by atoms with van der Waals surface area (Å²) < 4.78 is 4.95. The summed E-state index contributed by atoms with van der Waals surface area (Å²) in [5, 5.41) is 0. The average Bonchev–Trinajstić information content (AvgIpc) is 3.03. The smallest absolute Gasteiger partial charge is 0.225 e. The number of nitrogens with zero attached hydrogens (tertiary/aromatic N) is 2. The molecule has 2 heteroatoms. The highest BCUT2D eigenvalue weighted by molar-refractivity contribution is 5.81. The Balaban J connectivity index is 2.23. The Kier molecular flexibility index (Phi) is 6.23. The molecule has 178 valence electrons. The summed E-state index contributed by atoms with van der Waals surface area (Å²) in [5.41, 5.74) is 12.0. The Morgan fingerprint density at radius 3 is 1.97 bits per heavy atom. The SMILES string of the molecule is Cc1ccc2c(c1)n(-c1c(C(C)C)cccc1C(C)C)c(-c1cc(C(C)(C)C)ccc1C)[n+]2C. The highest BCUT2D eigenvalue weighted by Gasteiger charge is 2.32. The zero-order chi connectivity index (χ0) is 24.9. The maximum absolute atomic E-state index is 2.56. The summed E-state index contributed by atoms with van der Waals surface area (Å²) in [5.74, 6) is 2.10. The standard InChI is InChI=1S/C32H41N2/c1-20(2)25-12-11-13-26(21(3)4)30(25)34-29-18-22(5)14-17-28(29)33(10)31(34)27-19-24(32(7,8)9)16-15-23(27)6/h11-21H,1-10H3/q+1. The van der Waals surface area contributed by atoms with Crippen molar-refractivity contribution in [2.24, 2.45) is 7.05 Å². The predicted octanol–water partition coefficient (Wildman–Crippen LogP) is 8.28. The molecule has 0 aliphatic heterocycles. The van der Waals surface area contributed by atoms with Gasteiger partial charge in [-0.15, -0.1) is 0 Å². The minimum Gasteiger partial charge on any atom is -0.225 e. The van der Waals surface area contributed by atoms with Crippen LogP contribution in [0.1, 0.15) is 88.1 Å². The molecule has 0 N–H and O–H groups in total. The second kappa shape index (κ2) is 8.73. The van der Waals surface area contributed by atoms with Crippen LogP contribution in [0.3, 0.4) is 0 Å². The first-order valence-electron chi connectivity index (χ1n) is 12.7. The molecule has 0 spiro atoms. The Morgan fingerprint density at radius 1 is 0.794 bits per heavy atom. The topological polar surface area (TPSA) is 8.81 Å². The molecular weight excluding hydrogens is 412 g/mol. The lowest BCUT2D eigenvalue weighted by Crippen LogP contribution is -2.31. The number of aromatic nitrogens is 2. The molecule has 0 amide bonds. The molecule has 0 bridgehead atoms. The van der Waals surface area contributed by atoms with Gasteiger partial charge in [0.2, 0.25) is 0 Å². The van der Waals surface area contributed by atoms with E-state index in [-0.39, 0.29) is 5.41 Å². The van der Waals surface area contributed by atoms with Gasteiger partial charge in [-0.3, -0.25) is 0 Å². The second-order valence-corrected chi connectivity index (χ2v) is 11.6. The van der Waals surface area contributed by atoms with Crippen molar-refractivity contribution in [2.45, 2.75) is 79.6 Å². The summed E-state index contributed by atoms with van der Waals surface area (Å²) in [7, 11) is 2.22. The van der Waals surface area contributed by atoms with Gasteiger partial charge in [-0.25, -0.2) is 4.57 Å². The number of hydrogen-bond donors (Lipinski definition) is 0. The van der Waals surface area contributed by atoms with Gasteiger partial charge >= 0.3 is 0 Å². The number of rotatable bonds is 4. The fourth-order valence-electron chi connectivity index (χ4n) is 5.10. The molecule has 0 unspecified atom stereocenters. The number of benzene rings is 3. The molecule has 0 saturated carbocycles. The molecule has 3 aromatic carbocycles. The van der Waals surface area contributed by atoms with E-state index in [1.165, 1.54) is 55.9 Å². The van der Waals surface area contributed by atoms with E-state index in [1.807, 2.05) is 0 Å². The molecule has 0 atom stereocenters. The number of aryl methyl sites for hydroxylation is 3. The van der Waals surface area contributed by atoms with Crippen LogP contribution in [0, 0.1) is 13.8 Å². The minimum atomic E-state index is 0.0907. The lowest BCUT2D eigenvalue weighted by atomic mass is 9.85. The van der Waals surface area contributed by atoms with E-state index in [0.717, 1.165) is 0 Å². The Hall–Kier alpha value is -2.87. The van der Waals surface area contributed by atoms with Crippen LogP contribution < -0.4 is 4.57 Å². The molecule has 4 rings (SSSR count). The van der Waals surface area contributed by atoms with Crippen molar-refractivity contribution in [1.29, 1.82) is 0 Å². The predicted molar refractivity (Wildman–Crippen MR) is 146 cm³/mol. The van der Waals surface area contributed by atoms with Crippen molar-refractivity contribution in [3.63, 3.8) is 0 Å². The molecule has 0 saturated heterocycles. The third-order valence-corrected chi connectivity index (χ3v) is 7.17. The monoisotopic (exact) mass is 453 g/mol. The quantitative estimate of drug-likeness (QED) is 0.275. The zero-order valence-electron chi connectivity index (χ0n) is 22.7. The molecule has 1 aromatic heterocycles. The van der Waals surface area contributed by atoms with Crippen molar-refractivity contribution >= 4 is 11.0 Å². The van der Waals surface area contributed by atoms with Gasteiger partial charge in [0.25, 0.3) is 5.82 Å². The van der Waals surface area contributed by atoms with Crippen LogP contribution in [-0.2, 0) is 12.5 Å². The van der Waals surface area contributed by atoms with Crippen LogP contribution in [0.4, 0.5) is 0 Å². The molecule has 0 fully saturated rings. The number of fused-ring (bicyclic) bond motifs is 1. The van der Waals surface area contributed by atoms with Crippen molar-refractivity contribution in [2.75, 3.05) is 0 Å². The fourth-order valence-corrected chi connectivity index (χ4v) is 5.10. The first kappa shape index (κ1) is 24.3. The van der Waals surface area contributed by atoms with Crippen molar-refractivity contribution in [3.8, 4) is 17.1 Å². The van der Waals surface area contributed by atoms with E-state index >= 15 is 0 Å². The number of para-hydroxylation sites is 1. The molecule has 34 heavy (non-hydrogen) atoms. The van der Waals surface area contributed by atoms with Gasteiger partial charge in [0.05, 0.1) is 12.6 Å². The summed E-state index contributed by atoms with van der Waals surface area (Å²) in [6.07, 6.45) is 0. The van der Waals surface area contributed by atoms with E-state index in [1.54, 1.807) is 0 Å². The largest absolute Gasteiger partial charge is 0.295 e. The van der Waals surface area contributed by atoms with E-state index < -0.39 is 0 Å². The van der Waals surface area contributed by atoms with E-state index in [0.29, 0.717) is 11.8 Å². The average molecular weight is 454 g/mol. The summed E-state index contributed by atoms with van der Waals surface area (Å²) in [6, 6.07) is 20.7. The maximum Gasteiger partial charge on any atom is 0.295 e. The van der Waals surface area contributed by atoms with Crippen LogP contribution >= 0.6 is 0 Å². The Morgan fingerprint density at radius 2 is 1.41 bits per heavy atom. The van der Waals surface area contributed by atoms with Gasteiger partial charge in [-0.1, -0.05) is 84.9 Å². The van der Waals surface area contributed by atoms with Crippen molar-refractivity contribution < 1.29 is 4.57 Å². The maximum atomic E-state index is 2.56. The van der Waals surface area contributed by atoms with Crippen LogP contribution in [0.15, 0.2) is 54.6 Å². The van der Waals surface area contributed by atoms with Gasteiger partial charge in [0, 0.05) is 11.1 Å². The second-order valence-electron chi connectivity index (χ2n) is 11.6. The lowest BCUT2D eigenvalue weighted by Gasteiger charge is -2.21. The van der Waals surface area contributed by atoms with Gasteiger partial charge in [-0.05, 0) is 66.0 Å². The van der Waals surface area contributed by atoms with Crippen molar-refractivity contribution in [3.05, 3.63) is 82.4 Å². The summed E-state index contributed by atoms with van der Waals surface area (Å²) in [6.45, 7) is 20.6. The third-order valence-electron chi connectivity index (χ3n) is 7.17. The number of imidazole rings is 1. The van der Waals surface area contributed by atoms with E-state index in [2.05, 4.69) is 133 Å². The van der Waals surface area contributed by atoms with Crippen LogP contribution in [0.2, 0.25) is 0 Å². The highest BCUT2D eigenvalue weighted by Crippen LogP contribution is 2.38. The summed E-state index contributed by atoms with van der Waals surface area (Å²) in [4.78, 5) is 0. The lowest BCUT2D eigenvalue weighted by molar-refractivity contribution is -0.633. The van der Waals surface area contributed by atoms with E-state index in [4.69, 9.17) is 0 Å². The third kappa shape index (κ3) is 4.08. The first-order chi connectivity index (χ1) is 15.9. The molecule has 4 aromatic rings.